The van der Waals surface area contributed by atoms with Gasteiger partial charge in [0.25, 0.3) is 5.91 Å². The van der Waals surface area contributed by atoms with Gasteiger partial charge < -0.3 is 9.47 Å². The van der Waals surface area contributed by atoms with E-state index < -0.39 is 0 Å². The summed E-state index contributed by atoms with van der Waals surface area (Å²) < 4.78 is 2.05. The van der Waals surface area contributed by atoms with E-state index in [1.54, 1.807) is 11.3 Å². The Morgan fingerprint density at radius 3 is 2.59 bits per heavy atom. The van der Waals surface area contributed by atoms with E-state index in [0.717, 1.165) is 21.1 Å². The lowest BCUT2D eigenvalue weighted by Crippen LogP contribution is -2.30. The molecule has 0 unspecified atom stereocenters. The second-order valence-electron chi connectivity index (χ2n) is 6.25. The molecule has 4 aromatic rings. The fourth-order valence-corrected chi connectivity index (χ4v) is 4.41. The standard InChI is InChI=1S/C21H19N3OS2/c1-23-11-5-9-17(23)13-24(14-18-10-6-12-26-18)21(25)19-15-27-20(22-19)16-7-3-2-4-8-16/h2-12,15H,13-14H2,1H3. The fourth-order valence-electron chi connectivity index (χ4n) is 2.89. The first-order chi connectivity index (χ1) is 13.2. The molecule has 0 saturated carbocycles. The van der Waals surface area contributed by atoms with Gasteiger partial charge in [-0.1, -0.05) is 36.4 Å². The van der Waals surface area contributed by atoms with Crippen LogP contribution in [0.15, 0.2) is 71.6 Å². The Kier molecular flexibility index (Phi) is 5.18. The van der Waals surface area contributed by atoms with Crippen LogP contribution in [0.3, 0.4) is 0 Å². The molecule has 1 amide bonds. The van der Waals surface area contributed by atoms with Crippen LogP contribution in [0.25, 0.3) is 10.6 Å². The van der Waals surface area contributed by atoms with Crippen LogP contribution in [0.4, 0.5) is 0 Å². The van der Waals surface area contributed by atoms with Gasteiger partial charge in [-0.15, -0.1) is 22.7 Å². The van der Waals surface area contributed by atoms with Gasteiger partial charge in [0.2, 0.25) is 0 Å². The number of aromatic nitrogens is 2. The monoisotopic (exact) mass is 393 g/mol. The van der Waals surface area contributed by atoms with Crippen molar-refractivity contribution in [2.24, 2.45) is 7.05 Å². The molecular weight excluding hydrogens is 374 g/mol. The second-order valence-corrected chi connectivity index (χ2v) is 8.15. The summed E-state index contributed by atoms with van der Waals surface area (Å²) in [6.07, 6.45) is 2.00. The first-order valence-electron chi connectivity index (χ1n) is 8.63. The smallest absolute Gasteiger partial charge is 0.274 e. The molecule has 0 aliphatic carbocycles. The molecule has 4 rings (SSSR count). The van der Waals surface area contributed by atoms with E-state index >= 15 is 0 Å². The molecule has 3 heterocycles. The van der Waals surface area contributed by atoms with Crippen LogP contribution >= 0.6 is 22.7 Å². The minimum Gasteiger partial charge on any atom is -0.353 e. The summed E-state index contributed by atoms with van der Waals surface area (Å²) in [6.45, 7) is 1.14. The number of hydrogen-bond donors (Lipinski definition) is 0. The van der Waals surface area contributed by atoms with E-state index in [1.807, 2.05) is 82.0 Å². The number of thiophene rings is 1. The van der Waals surface area contributed by atoms with E-state index in [9.17, 15) is 4.79 Å². The van der Waals surface area contributed by atoms with E-state index in [2.05, 4.69) is 11.1 Å². The molecule has 0 fully saturated rings. The maximum absolute atomic E-state index is 13.2. The van der Waals surface area contributed by atoms with E-state index in [1.165, 1.54) is 11.3 Å². The van der Waals surface area contributed by atoms with Crippen molar-refractivity contribution in [2.75, 3.05) is 0 Å². The number of nitrogens with zero attached hydrogens (tertiary/aromatic N) is 3. The van der Waals surface area contributed by atoms with E-state index in [4.69, 9.17) is 0 Å². The number of aryl methyl sites for hydroxylation is 1. The Balaban J connectivity index is 1.60. The highest BCUT2D eigenvalue weighted by molar-refractivity contribution is 7.13. The van der Waals surface area contributed by atoms with Gasteiger partial charge in [0.15, 0.2) is 0 Å². The number of benzene rings is 1. The Bertz CT molecular complexity index is 1020. The Labute approximate surface area is 166 Å². The Hall–Kier alpha value is -2.70. The van der Waals surface area contributed by atoms with Gasteiger partial charge in [0.1, 0.15) is 10.7 Å². The number of amides is 1. The Morgan fingerprint density at radius 1 is 1.04 bits per heavy atom. The van der Waals surface area contributed by atoms with Gasteiger partial charge in [-0.3, -0.25) is 4.79 Å². The van der Waals surface area contributed by atoms with Crippen LogP contribution in [0.1, 0.15) is 21.1 Å². The molecule has 0 saturated heterocycles. The molecule has 0 radical (unpaired) electrons. The average Bonchev–Trinajstić information content (AvgIpc) is 3.44. The van der Waals surface area contributed by atoms with Gasteiger partial charge in [0, 0.05) is 34.8 Å². The summed E-state index contributed by atoms with van der Waals surface area (Å²) in [4.78, 5) is 20.9. The molecule has 27 heavy (non-hydrogen) atoms. The quantitative estimate of drug-likeness (QED) is 0.460. The van der Waals surface area contributed by atoms with Crippen molar-refractivity contribution in [3.05, 3.63) is 87.8 Å². The molecule has 1 aromatic carbocycles. The van der Waals surface area contributed by atoms with Crippen molar-refractivity contribution in [1.29, 1.82) is 0 Å². The van der Waals surface area contributed by atoms with Crippen molar-refractivity contribution < 1.29 is 4.79 Å². The van der Waals surface area contributed by atoms with Gasteiger partial charge >= 0.3 is 0 Å². The first-order valence-corrected chi connectivity index (χ1v) is 10.4. The minimum atomic E-state index is -0.0389. The van der Waals surface area contributed by atoms with Crippen molar-refractivity contribution in [2.45, 2.75) is 13.1 Å². The SMILES string of the molecule is Cn1cccc1CN(Cc1cccs1)C(=O)c1csc(-c2ccccc2)n1. The van der Waals surface area contributed by atoms with Gasteiger partial charge in [-0.05, 0) is 23.6 Å². The van der Waals surface area contributed by atoms with E-state index in [0.29, 0.717) is 18.8 Å². The second kappa shape index (κ2) is 7.90. The highest BCUT2D eigenvalue weighted by Crippen LogP contribution is 2.25. The third-order valence-electron chi connectivity index (χ3n) is 4.36. The third kappa shape index (κ3) is 4.02. The highest BCUT2D eigenvalue weighted by atomic mass is 32.1. The maximum atomic E-state index is 13.2. The normalized spacial score (nSPS) is 10.9. The first kappa shape index (κ1) is 17.7. The number of carbonyl (C=O) groups is 1. The molecule has 4 nitrogen and oxygen atoms in total. The van der Waals surface area contributed by atoms with Gasteiger partial charge in [-0.2, -0.15) is 0 Å². The summed E-state index contributed by atoms with van der Waals surface area (Å²) in [5.41, 5.74) is 2.64. The number of hydrogen-bond acceptors (Lipinski definition) is 4. The maximum Gasteiger partial charge on any atom is 0.274 e. The summed E-state index contributed by atoms with van der Waals surface area (Å²) in [7, 11) is 2.00. The molecule has 6 heteroatoms. The number of rotatable bonds is 6. The molecule has 3 aromatic heterocycles. The van der Waals surface area contributed by atoms with Crippen LogP contribution < -0.4 is 0 Å². The lowest BCUT2D eigenvalue weighted by molar-refractivity contribution is 0.0723. The van der Waals surface area contributed by atoms with Crippen LogP contribution in [0, 0.1) is 0 Å². The number of carbonyl (C=O) groups excluding carboxylic acids is 1. The summed E-state index contributed by atoms with van der Waals surface area (Å²) in [5, 5.41) is 4.77. The predicted octanol–water partition coefficient (Wildman–Crippen LogP) is 5.05. The molecular formula is C21H19N3OS2. The number of thiazole rings is 1. The molecule has 0 spiro atoms. The minimum absolute atomic E-state index is 0.0389. The van der Waals surface area contributed by atoms with Crippen molar-refractivity contribution >= 4 is 28.6 Å². The van der Waals surface area contributed by atoms with Crippen molar-refractivity contribution in [1.82, 2.24) is 14.5 Å². The molecule has 0 aliphatic rings. The van der Waals surface area contributed by atoms with Gasteiger partial charge in [0.05, 0.1) is 13.1 Å². The van der Waals surface area contributed by atoms with Crippen LogP contribution in [-0.4, -0.2) is 20.4 Å². The summed E-state index contributed by atoms with van der Waals surface area (Å²) in [6, 6.07) is 18.1. The molecule has 0 aliphatic heterocycles. The Morgan fingerprint density at radius 2 is 1.89 bits per heavy atom. The zero-order chi connectivity index (χ0) is 18.6. The summed E-state index contributed by atoms with van der Waals surface area (Å²) >= 11 is 3.17. The third-order valence-corrected chi connectivity index (χ3v) is 6.11. The molecule has 0 bridgehead atoms. The van der Waals surface area contributed by atoms with Crippen LogP contribution in [-0.2, 0) is 20.1 Å². The summed E-state index contributed by atoms with van der Waals surface area (Å²) in [5.74, 6) is -0.0389. The highest BCUT2D eigenvalue weighted by Gasteiger charge is 2.21. The molecule has 136 valence electrons. The lowest BCUT2D eigenvalue weighted by Gasteiger charge is -2.21. The topological polar surface area (TPSA) is 38.1 Å². The van der Waals surface area contributed by atoms with Crippen molar-refractivity contribution in [3.8, 4) is 10.6 Å². The molecule has 0 atom stereocenters. The van der Waals surface area contributed by atoms with E-state index in [-0.39, 0.29) is 5.91 Å². The zero-order valence-electron chi connectivity index (χ0n) is 14.9. The van der Waals surface area contributed by atoms with Crippen molar-refractivity contribution in [3.63, 3.8) is 0 Å². The van der Waals surface area contributed by atoms with Crippen LogP contribution in [0.2, 0.25) is 0 Å². The largest absolute Gasteiger partial charge is 0.353 e. The zero-order valence-corrected chi connectivity index (χ0v) is 16.5. The molecule has 0 N–H and O–H groups in total. The van der Waals surface area contributed by atoms with Gasteiger partial charge in [-0.25, -0.2) is 4.98 Å². The lowest BCUT2D eigenvalue weighted by atomic mass is 10.2. The van der Waals surface area contributed by atoms with Crippen LogP contribution in [0.5, 0.6) is 0 Å². The predicted molar refractivity (Wildman–Crippen MR) is 111 cm³/mol. The average molecular weight is 394 g/mol. The fraction of sp³-hybridized carbons (Fsp3) is 0.143.